The van der Waals surface area contributed by atoms with Crippen LogP contribution in [0.25, 0.3) is 38.5 Å². The van der Waals surface area contributed by atoms with Crippen LogP contribution in [0.15, 0.2) is 120 Å². The second-order valence-corrected chi connectivity index (χ2v) is 7.86. The van der Waals surface area contributed by atoms with Gasteiger partial charge in [-0.05, 0) is 71.7 Å². The van der Waals surface area contributed by atoms with Gasteiger partial charge in [0.1, 0.15) is 0 Å². The zero-order valence-electron chi connectivity index (χ0n) is 18.0. The van der Waals surface area contributed by atoms with Gasteiger partial charge in [0.05, 0.1) is 5.69 Å². The van der Waals surface area contributed by atoms with Gasteiger partial charge in [0.2, 0.25) is 0 Å². The van der Waals surface area contributed by atoms with Crippen molar-refractivity contribution in [2.24, 2.45) is 4.99 Å². The number of hydrogen-bond acceptors (Lipinski definition) is 1. The van der Waals surface area contributed by atoms with Crippen LogP contribution in [-0.2, 0) is 0 Å². The highest BCUT2D eigenvalue weighted by molar-refractivity contribution is 6.08. The molecule has 2 heteroatoms. The number of aromatic nitrogens is 1. The number of benzene rings is 4. The van der Waals surface area contributed by atoms with Crippen LogP contribution >= 0.6 is 0 Å². The highest BCUT2D eigenvalue weighted by atomic mass is 14.7. The first-order chi connectivity index (χ1) is 15.8. The molecule has 5 aromatic rings. The van der Waals surface area contributed by atoms with Crippen LogP contribution in [0.2, 0.25) is 0 Å². The first-order valence-corrected chi connectivity index (χ1v) is 10.8. The van der Waals surface area contributed by atoms with Crippen molar-refractivity contribution in [1.82, 2.24) is 4.98 Å². The van der Waals surface area contributed by atoms with E-state index in [1.807, 2.05) is 48.7 Å². The fourth-order valence-corrected chi connectivity index (χ4v) is 3.96. The summed E-state index contributed by atoms with van der Waals surface area (Å²) >= 11 is 0. The van der Waals surface area contributed by atoms with E-state index in [2.05, 4.69) is 89.7 Å². The average Bonchev–Trinajstić information content (AvgIpc) is 3.22. The zero-order valence-corrected chi connectivity index (χ0v) is 18.0. The molecular weight excluding hydrogens is 388 g/mol. The van der Waals surface area contributed by atoms with E-state index < -0.39 is 0 Å². The molecule has 1 N–H and O–H groups in total. The summed E-state index contributed by atoms with van der Waals surface area (Å²) in [6.45, 7) is 2.14. The minimum atomic E-state index is 0.956. The summed E-state index contributed by atoms with van der Waals surface area (Å²) in [5.41, 5.74) is 8.17. The molecule has 1 aromatic heterocycles. The van der Waals surface area contributed by atoms with E-state index in [9.17, 15) is 0 Å². The molecule has 4 aromatic carbocycles. The fraction of sp³-hybridized carbons (Fsp3) is 0.0333. The van der Waals surface area contributed by atoms with E-state index in [4.69, 9.17) is 0 Å². The van der Waals surface area contributed by atoms with Crippen molar-refractivity contribution >= 4 is 39.3 Å². The molecule has 0 bridgehead atoms. The van der Waals surface area contributed by atoms with Gasteiger partial charge in [-0.15, -0.1) is 0 Å². The molecule has 0 aliphatic heterocycles. The van der Waals surface area contributed by atoms with Crippen LogP contribution in [-0.4, -0.2) is 11.2 Å². The summed E-state index contributed by atoms with van der Waals surface area (Å²) in [5.74, 6) is 0. The molecule has 0 amide bonds. The number of para-hydroxylation sites is 2. The Hall–Kier alpha value is -4.17. The van der Waals surface area contributed by atoms with E-state index in [0.717, 1.165) is 5.69 Å². The standard InChI is InChI=1S/C30H24N2/c1-22(10-7-8-19-31-26-13-3-2-4-14-26)23-11-9-12-24(20-23)25-17-18-30-28(21-25)27-15-5-6-16-29(27)32-30/h2-21,32H,1H3/b8-7-,22-10+,31-19?. The average molecular weight is 413 g/mol. The van der Waals surface area contributed by atoms with Gasteiger partial charge in [0, 0.05) is 28.0 Å². The molecule has 0 aliphatic carbocycles. The number of nitrogens with zero attached hydrogens (tertiary/aromatic N) is 1. The maximum atomic E-state index is 4.43. The van der Waals surface area contributed by atoms with Gasteiger partial charge < -0.3 is 4.98 Å². The lowest BCUT2D eigenvalue weighted by Crippen LogP contribution is -1.83. The van der Waals surface area contributed by atoms with Crippen LogP contribution in [0.3, 0.4) is 0 Å². The van der Waals surface area contributed by atoms with Gasteiger partial charge in [-0.1, -0.05) is 72.8 Å². The maximum absolute atomic E-state index is 4.43. The van der Waals surface area contributed by atoms with E-state index in [1.165, 1.54) is 44.1 Å². The third-order valence-electron chi connectivity index (χ3n) is 5.68. The highest BCUT2D eigenvalue weighted by Crippen LogP contribution is 2.31. The lowest BCUT2D eigenvalue weighted by Gasteiger charge is -2.06. The summed E-state index contributed by atoms with van der Waals surface area (Å²) in [6.07, 6.45) is 7.95. The Morgan fingerprint density at radius 1 is 0.688 bits per heavy atom. The number of fused-ring (bicyclic) bond motifs is 3. The first-order valence-electron chi connectivity index (χ1n) is 10.8. The fourth-order valence-electron chi connectivity index (χ4n) is 3.96. The lowest BCUT2D eigenvalue weighted by molar-refractivity contribution is 1.53. The normalized spacial score (nSPS) is 12.5. The van der Waals surface area contributed by atoms with Crippen molar-refractivity contribution in [2.75, 3.05) is 0 Å². The monoisotopic (exact) mass is 412 g/mol. The van der Waals surface area contributed by atoms with Crippen molar-refractivity contribution in [3.05, 3.63) is 121 Å². The van der Waals surface area contributed by atoms with Gasteiger partial charge in [0.15, 0.2) is 0 Å². The van der Waals surface area contributed by atoms with Gasteiger partial charge in [-0.25, -0.2) is 0 Å². The Kier molecular flexibility index (Phi) is 5.50. The molecule has 1 heterocycles. The predicted octanol–water partition coefficient (Wildman–Crippen LogP) is 8.35. The third kappa shape index (κ3) is 4.17. The molecule has 0 aliphatic rings. The number of rotatable bonds is 5. The summed E-state index contributed by atoms with van der Waals surface area (Å²) < 4.78 is 0. The van der Waals surface area contributed by atoms with Crippen LogP contribution in [0.5, 0.6) is 0 Å². The van der Waals surface area contributed by atoms with Gasteiger partial charge >= 0.3 is 0 Å². The Labute approximate surface area is 188 Å². The molecule has 0 spiro atoms. The quantitative estimate of drug-likeness (QED) is 0.222. The predicted molar refractivity (Wildman–Crippen MR) is 139 cm³/mol. The zero-order chi connectivity index (χ0) is 21.8. The molecular formula is C30H24N2. The molecule has 0 saturated heterocycles. The molecule has 154 valence electrons. The summed E-state index contributed by atoms with van der Waals surface area (Å²) in [4.78, 5) is 7.93. The number of nitrogens with one attached hydrogen (secondary N) is 1. The molecule has 5 rings (SSSR count). The Morgan fingerprint density at radius 2 is 1.47 bits per heavy atom. The third-order valence-corrected chi connectivity index (χ3v) is 5.68. The van der Waals surface area contributed by atoms with Gasteiger partial charge in [-0.2, -0.15) is 0 Å². The molecule has 0 atom stereocenters. The molecule has 0 radical (unpaired) electrons. The van der Waals surface area contributed by atoms with Crippen LogP contribution < -0.4 is 0 Å². The minimum Gasteiger partial charge on any atom is -0.355 e. The molecule has 2 nitrogen and oxygen atoms in total. The number of allylic oxidation sites excluding steroid dienone is 4. The largest absolute Gasteiger partial charge is 0.355 e. The van der Waals surface area contributed by atoms with E-state index in [-0.39, 0.29) is 0 Å². The SMILES string of the molecule is C/C(=C\C=C/C=Nc1ccccc1)c1cccc(-c2ccc3[nH]c4ccccc4c3c2)c1. The van der Waals surface area contributed by atoms with Crippen molar-refractivity contribution < 1.29 is 0 Å². The smallest absolute Gasteiger partial charge is 0.0629 e. The van der Waals surface area contributed by atoms with Crippen LogP contribution in [0.4, 0.5) is 5.69 Å². The van der Waals surface area contributed by atoms with Crippen molar-refractivity contribution in [2.45, 2.75) is 6.92 Å². The van der Waals surface area contributed by atoms with Crippen LogP contribution in [0.1, 0.15) is 12.5 Å². The number of aromatic amines is 1. The van der Waals surface area contributed by atoms with E-state index in [1.54, 1.807) is 0 Å². The van der Waals surface area contributed by atoms with Crippen molar-refractivity contribution in [1.29, 1.82) is 0 Å². The topological polar surface area (TPSA) is 28.1 Å². The van der Waals surface area contributed by atoms with Crippen molar-refractivity contribution in [3.8, 4) is 11.1 Å². The highest BCUT2D eigenvalue weighted by Gasteiger charge is 2.06. The molecule has 0 fully saturated rings. The molecule has 0 saturated carbocycles. The summed E-state index contributed by atoms with van der Waals surface area (Å²) in [5, 5.41) is 2.52. The van der Waals surface area contributed by atoms with Crippen molar-refractivity contribution in [3.63, 3.8) is 0 Å². The second-order valence-electron chi connectivity index (χ2n) is 7.86. The van der Waals surface area contributed by atoms with E-state index >= 15 is 0 Å². The van der Waals surface area contributed by atoms with Gasteiger partial charge in [-0.3, -0.25) is 4.99 Å². The summed E-state index contributed by atoms with van der Waals surface area (Å²) in [6, 6.07) is 33.8. The first kappa shape index (κ1) is 19.8. The number of hydrogen-bond donors (Lipinski definition) is 1. The van der Waals surface area contributed by atoms with Crippen LogP contribution in [0, 0.1) is 0 Å². The summed E-state index contributed by atoms with van der Waals surface area (Å²) in [7, 11) is 0. The van der Waals surface area contributed by atoms with E-state index in [0.29, 0.717) is 0 Å². The Balaban J connectivity index is 1.39. The van der Waals surface area contributed by atoms with Gasteiger partial charge in [0.25, 0.3) is 0 Å². The molecule has 32 heavy (non-hydrogen) atoms. The molecule has 0 unspecified atom stereocenters. The Bertz CT molecular complexity index is 1470. The maximum Gasteiger partial charge on any atom is 0.0629 e. The second kappa shape index (κ2) is 8.91. The Morgan fingerprint density at radius 3 is 2.38 bits per heavy atom. The minimum absolute atomic E-state index is 0.956. The number of H-pyrrole nitrogens is 1. The lowest BCUT2D eigenvalue weighted by atomic mass is 9.98. The number of aliphatic imine (C=N–C) groups is 1.